The van der Waals surface area contributed by atoms with Crippen LogP contribution >= 0.6 is 0 Å². The third-order valence-electron chi connectivity index (χ3n) is 3.85. The molecule has 0 aromatic heterocycles. The number of hydrogen-bond acceptors (Lipinski definition) is 3. The van der Waals surface area contributed by atoms with Crippen LogP contribution in [0.3, 0.4) is 0 Å². The standard InChI is InChI=1S/C19H22FN3O/c1-4-23(5-2)16-12-10-15(11-13-16)19(24)22-21-14(3)17-8-6-7-9-18(17)20/h6-13H,4-5H2,1-3H3,(H,22,24)/b21-14+. The first-order chi connectivity index (χ1) is 11.6. The summed E-state index contributed by atoms with van der Waals surface area (Å²) in [5.41, 5.74) is 4.84. The first kappa shape index (κ1) is 17.7. The molecule has 0 saturated heterocycles. The van der Waals surface area contributed by atoms with Gasteiger partial charge in [0.05, 0.1) is 5.71 Å². The molecule has 5 heteroatoms. The Balaban J connectivity index is 2.07. The predicted octanol–water partition coefficient (Wildman–Crippen LogP) is 3.83. The molecule has 126 valence electrons. The van der Waals surface area contributed by atoms with Crippen LogP contribution in [0.15, 0.2) is 53.6 Å². The molecule has 0 bridgehead atoms. The zero-order chi connectivity index (χ0) is 17.5. The summed E-state index contributed by atoms with van der Waals surface area (Å²) in [6.07, 6.45) is 0. The molecule has 2 aromatic rings. The van der Waals surface area contributed by atoms with Gasteiger partial charge in [-0.3, -0.25) is 4.79 Å². The quantitative estimate of drug-likeness (QED) is 0.647. The van der Waals surface area contributed by atoms with Gasteiger partial charge in [-0.25, -0.2) is 9.82 Å². The van der Waals surface area contributed by atoms with Gasteiger partial charge in [0.2, 0.25) is 0 Å². The molecule has 4 nitrogen and oxygen atoms in total. The fourth-order valence-electron chi connectivity index (χ4n) is 2.43. The van der Waals surface area contributed by atoms with Crippen LogP contribution in [0.2, 0.25) is 0 Å². The highest BCUT2D eigenvalue weighted by Crippen LogP contribution is 2.15. The van der Waals surface area contributed by atoms with Crippen LogP contribution < -0.4 is 10.3 Å². The van der Waals surface area contributed by atoms with Crippen molar-refractivity contribution in [3.63, 3.8) is 0 Å². The Bertz CT molecular complexity index is 722. The largest absolute Gasteiger partial charge is 0.372 e. The molecule has 2 rings (SSSR count). The second-order valence-electron chi connectivity index (χ2n) is 5.34. The molecule has 1 amide bonds. The maximum Gasteiger partial charge on any atom is 0.271 e. The van der Waals surface area contributed by atoms with E-state index in [4.69, 9.17) is 0 Å². The first-order valence-electron chi connectivity index (χ1n) is 8.01. The lowest BCUT2D eigenvalue weighted by atomic mass is 10.1. The summed E-state index contributed by atoms with van der Waals surface area (Å²) in [5.74, 6) is -0.687. The van der Waals surface area contributed by atoms with Crippen molar-refractivity contribution < 1.29 is 9.18 Å². The van der Waals surface area contributed by atoms with Gasteiger partial charge in [-0.05, 0) is 51.1 Å². The maximum absolute atomic E-state index is 13.7. The number of carbonyl (C=O) groups excluding carboxylic acids is 1. The average molecular weight is 327 g/mol. The van der Waals surface area contributed by atoms with Gasteiger partial charge in [-0.15, -0.1) is 0 Å². The molecule has 0 saturated carbocycles. The van der Waals surface area contributed by atoms with Crippen molar-refractivity contribution in [3.05, 3.63) is 65.5 Å². The predicted molar refractivity (Wildman–Crippen MR) is 96.1 cm³/mol. The van der Waals surface area contributed by atoms with Gasteiger partial charge in [-0.1, -0.05) is 18.2 Å². The molecule has 0 spiro atoms. The molecular formula is C19H22FN3O. The van der Waals surface area contributed by atoms with E-state index in [9.17, 15) is 9.18 Å². The van der Waals surface area contributed by atoms with E-state index in [1.165, 1.54) is 6.07 Å². The maximum atomic E-state index is 13.7. The molecule has 0 aliphatic carbocycles. The van der Waals surface area contributed by atoms with Gasteiger partial charge in [0.1, 0.15) is 5.82 Å². The summed E-state index contributed by atoms with van der Waals surface area (Å²) in [6.45, 7) is 7.65. The molecule has 24 heavy (non-hydrogen) atoms. The van der Waals surface area contributed by atoms with Crippen LogP contribution in [-0.4, -0.2) is 24.7 Å². The van der Waals surface area contributed by atoms with E-state index < -0.39 is 0 Å². The number of rotatable bonds is 6. The normalized spacial score (nSPS) is 11.2. The van der Waals surface area contributed by atoms with Crippen molar-refractivity contribution in [3.8, 4) is 0 Å². The number of hydrogen-bond donors (Lipinski definition) is 1. The van der Waals surface area contributed by atoms with Crippen LogP contribution in [-0.2, 0) is 0 Å². The van der Waals surface area contributed by atoms with Gasteiger partial charge in [-0.2, -0.15) is 5.10 Å². The van der Waals surface area contributed by atoms with Crippen molar-refractivity contribution in [2.24, 2.45) is 5.10 Å². The minimum atomic E-state index is -0.364. The van der Waals surface area contributed by atoms with Crippen LogP contribution in [0.25, 0.3) is 0 Å². The molecule has 0 aliphatic heterocycles. The average Bonchev–Trinajstić information content (AvgIpc) is 2.61. The molecule has 0 heterocycles. The minimum Gasteiger partial charge on any atom is -0.372 e. The molecule has 0 unspecified atom stereocenters. The molecule has 1 N–H and O–H groups in total. The van der Waals surface area contributed by atoms with Gasteiger partial charge in [0.25, 0.3) is 5.91 Å². The number of halogens is 1. The van der Waals surface area contributed by atoms with E-state index in [2.05, 4.69) is 29.3 Å². The van der Waals surface area contributed by atoms with Crippen molar-refractivity contribution in [1.29, 1.82) is 0 Å². The zero-order valence-corrected chi connectivity index (χ0v) is 14.2. The third kappa shape index (κ3) is 4.19. The van der Waals surface area contributed by atoms with Crippen LogP contribution in [0.4, 0.5) is 10.1 Å². The van der Waals surface area contributed by atoms with E-state index >= 15 is 0 Å². The number of hydrazone groups is 1. The molecule has 2 aromatic carbocycles. The molecule has 0 aliphatic rings. The van der Waals surface area contributed by atoms with Crippen LogP contribution in [0.1, 0.15) is 36.7 Å². The van der Waals surface area contributed by atoms with E-state index in [-0.39, 0.29) is 11.7 Å². The van der Waals surface area contributed by atoms with E-state index in [0.717, 1.165) is 18.8 Å². The molecular weight excluding hydrogens is 305 g/mol. The molecule has 0 radical (unpaired) electrons. The monoisotopic (exact) mass is 327 g/mol. The van der Waals surface area contributed by atoms with Gasteiger partial charge >= 0.3 is 0 Å². The molecule has 0 atom stereocenters. The summed E-state index contributed by atoms with van der Waals surface area (Å²) in [4.78, 5) is 14.4. The molecule has 0 fully saturated rings. The Labute approximate surface area is 142 Å². The number of carbonyl (C=O) groups is 1. The number of anilines is 1. The highest BCUT2D eigenvalue weighted by Gasteiger charge is 2.08. The van der Waals surface area contributed by atoms with Crippen LogP contribution in [0.5, 0.6) is 0 Å². The Hall–Kier alpha value is -2.69. The van der Waals surface area contributed by atoms with Crippen molar-refractivity contribution in [2.45, 2.75) is 20.8 Å². The summed E-state index contributed by atoms with van der Waals surface area (Å²) in [7, 11) is 0. The highest BCUT2D eigenvalue weighted by molar-refractivity contribution is 6.01. The Kier molecular flexibility index (Phi) is 6.07. The lowest BCUT2D eigenvalue weighted by Crippen LogP contribution is -2.22. The second-order valence-corrected chi connectivity index (χ2v) is 5.34. The Morgan fingerprint density at radius 1 is 1.08 bits per heavy atom. The van der Waals surface area contributed by atoms with Crippen molar-refractivity contribution in [1.82, 2.24) is 5.43 Å². The SMILES string of the molecule is CCN(CC)c1ccc(C(=O)N/N=C(\C)c2ccccc2F)cc1. The fourth-order valence-corrected chi connectivity index (χ4v) is 2.43. The van der Waals surface area contributed by atoms with E-state index in [1.807, 2.05) is 12.1 Å². The van der Waals surface area contributed by atoms with Gasteiger partial charge in [0, 0.05) is 29.9 Å². The third-order valence-corrected chi connectivity index (χ3v) is 3.85. The van der Waals surface area contributed by atoms with Gasteiger partial charge in [0.15, 0.2) is 0 Å². The van der Waals surface area contributed by atoms with E-state index in [0.29, 0.717) is 16.8 Å². The van der Waals surface area contributed by atoms with Gasteiger partial charge < -0.3 is 4.90 Å². The Morgan fingerprint density at radius 3 is 2.29 bits per heavy atom. The van der Waals surface area contributed by atoms with Crippen molar-refractivity contribution in [2.75, 3.05) is 18.0 Å². The summed E-state index contributed by atoms with van der Waals surface area (Å²) >= 11 is 0. The van der Waals surface area contributed by atoms with E-state index in [1.54, 1.807) is 37.3 Å². The zero-order valence-electron chi connectivity index (χ0n) is 14.2. The first-order valence-corrected chi connectivity index (χ1v) is 8.01. The number of nitrogens with zero attached hydrogens (tertiary/aromatic N) is 2. The van der Waals surface area contributed by atoms with Crippen LogP contribution in [0, 0.1) is 5.82 Å². The number of nitrogens with one attached hydrogen (secondary N) is 1. The minimum absolute atomic E-state index is 0.322. The number of benzene rings is 2. The second kappa shape index (κ2) is 8.24. The Morgan fingerprint density at radius 2 is 1.71 bits per heavy atom. The smallest absolute Gasteiger partial charge is 0.271 e. The lowest BCUT2D eigenvalue weighted by Gasteiger charge is -2.20. The summed E-state index contributed by atoms with van der Waals surface area (Å²) < 4.78 is 13.7. The fraction of sp³-hybridized carbons (Fsp3) is 0.263. The highest BCUT2D eigenvalue weighted by atomic mass is 19.1. The topological polar surface area (TPSA) is 44.7 Å². The summed E-state index contributed by atoms with van der Waals surface area (Å²) in [5, 5.41) is 3.99. The lowest BCUT2D eigenvalue weighted by molar-refractivity contribution is 0.0955. The number of amides is 1. The summed E-state index contributed by atoms with van der Waals surface area (Å²) in [6, 6.07) is 13.7. The van der Waals surface area contributed by atoms with Crippen molar-refractivity contribution >= 4 is 17.3 Å².